The first-order valence-corrected chi connectivity index (χ1v) is 9.50. The van der Waals surface area contributed by atoms with Gasteiger partial charge in [-0.05, 0) is 51.2 Å². The van der Waals surface area contributed by atoms with Gasteiger partial charge in [0.25, 0.3) is 0 Å². The maximum atomic E-state index is 12.6. The second-order valence-electron chi connectivity index (χ2n) is 6.49. The normalized spacial score (nSPS) is 13.4. The topological polar surface area (TPSA) is 46.6 Å². The molecule has 0 radical (unpaired) electrons. The van der Waals surface area contributed by atoms with Gasteiger partial charge in [0.15, 0.2) is 0 Å². The number of unbranched alkanes of at least 4 members (excludes halogenated alkanes) is 1. The van der Waals surface area contributed by atoms with Gasteiger partial charge in [-0.15, -0.1) is 0 Å². The molecule has 0 heterocycles. The number of thiol groups is 1. The van der Waals surface area contributed by atoms with E-state index >= 15 is 0 Å². The second kappa shape index (κ2) is 9.82. The summed E-state index contributed by atoms with van der Waals surface area (Å²) in [6.07, 6.45) is 3.00. The Morgan fingerprint density at radius 3 is 2.25 bits per heavy atom. The molecule has 0 fully saturated rings. The van der Waals surface area contributed by atoms with Crippen LogP contribution in [0.1, 0.15) is 56.7 Å². The largest absolute Gasteiger partial charge is 0.464 e. The Hall–Kier alpha value is -1.36. The lowest BCUT2D eigenvalue weighted by molar-refractivity contribution is -0.145. The van der Waals surface area contributed by atoms with Crippen molar-refractivity contribution >= 4 is 23.5 Å². The zero-order valence-corrected chi connectivity index (χ0v) is 16.7. The van der Waals surface area contributed by atoms with Gasteiger partial charge in [-0.2, -0.15) is 0 Å². The number of rotatable bonds is 9. The minimum atomic E-state index is -0.546. The molecule has 0 aliphatic heterocycles. The standard InChI is InChI=1S/C19H31NO3S/c1-7-9-10-14(4)18(19(21)23-8-2)20(24-22)17-15(5)11-13(3)12-16(17)6/h11-12,14,18,24H,7-10H2,1-6H3. The molecule has 1 aromatic carbocycles. The molecular formula is C19H31NO3S. The van der Waals surface area contributed by atoms with Gasteiger partial charge >= 0.3 is 5.97 Å². The van der Waals surface area contributed by atoms with Crippen molar-refractivity contribution in [2.45, 2.75) is 66.8 Å². The maximum absolute atomic E-state index is 12.6. The number of aryl methyl sites for hydroxylation is 3. The molecule has 0 saturated heterocycles. The number of anilines is 1. The number of hydrogen-bond acceptors (Lipinski definition) is 3. The smallest absolute Gasteiger partial charge is 0.330 e. The highest BCUT2D eigenvalue weighted by molar-refractivity contribution is 7.67. The summed E-state index contributed by atoms with van der Waals surface area (Å²) in [7, 11) is 0. The minimum Gasteiger partial charge on any atom is -0.464 e. The van der Waals surface area contributed by atoms with Crippen LogP contribution < -0.4 is 4.31 Å². The van der Waals surface area contributed by atoms with Crippen LogP contribution >= 0.6 is 0 Å². The molecule has 0 aliphatic carbocycles. The molecule has 0 N–H and O–H groups in total. The predicted molar refractivity (Wildman–Crippen MR) is 102 cm³/mol. The van der Waals surface area contributed by atoms with Gasteiger partial charge in [0.05, 0.1) is 12.3 Å². The third-order valence-corrected chi connectivity index (χ3v) is 4.92. The van der Waals surface area contributed by atoms with Gasteiger partial charge in [0.2, 0.25) is 0 Å². The molecule has 5 heteroatoms. The van der Waals surface area contributed by atoms with Crippen LogP contribution in [0.4, 0.5) is 5.69 Å². The number of benzene rings is 1. The average Bonchev–Trinajstić information content (AvgIpc) is 2.50. The van der Waals surface area contributed by atoms with Crippen LogP contribution in [0.25, 0.3) is 0 Å². The Bertz CT molecular complexity index is 551. The molecule has 2 atom stereocenters. The lowest BCUT2D eigenvalue weighted by atomic mass is 9.94. The summed E-state index contributed by atoms with van der Waals surface area (Å²) in [6.45, 7) is 12.3. The number of hydrogen-bond donors (Lipinski definition) is 1. The molecular weight excluding hydrogens is 322 g/mol. The Morgan fingerprint density at radius 1 is 1.21 bits per heavy atom. The first kappa shape index (κ1) is 20.7. The van der Waals surface area contributed by atoms with Crippen LogP contribution in [-0.2, 0) is 21.4 Å². The fraction of sp³-hybridized carbons (Fsp3) is 0.632. The summed E-state index contributed by atoms with van der Waals surface area (Å²) >= 11 is -0.181. The summed E-state index contributed by atoms with van der Waals surface area (Å²) in [5, 5.41) is 0. The Kier molecular flexibility index (Phi) is 8.46. The van der Waals surface area contributed by atoms with Gasteiger partial charge in [0, 0.05) is 0 Å². The highest BCUT2D eigenvalue weighted by atomic mass is 32.2. The number of ether oxygens (including phenoxy) is 1. The lowest BCUT2D eigenvalue weighted by Crippen LogP contribution is -2.45. The number of esters is 1. The van der Waals surface area contributed by atoms with Crippen LogP contribution in [0.2, 0.25) is 0 Å². The van der Waals surface area contributed by atoms with Gasteiger partial charge in [-0.1, -0.05) is 44.4 Å². The van der Waals surface area contributed by atoms with Crippen molar-refractivity contribution in [2.75, 3.05) is 10.9 Å². The quantitative estimate of drug-likeness (QED) is 0.538. The Labute approximate surface area is 150 Å². The maximum Gasteiger partial charge on any atom is 0.330 e. The van der Waals surface area contributed by atoms with Gasteiger partial charge in [-0.25, -0.2) is 9.00 Å². The molecule has 0 spiro atoms. The average molecular weight is 354 g/mol. The van der Waals surface area contributed by atoms with Crippen LogP contribution in [0.15, 0.2) is 12.1 Å². The minimum absolute atomic E-state index is 0.0607. The van der Waals surface area contributed by atoms with Gasteiger partial charge < -0.3 is 4.74 Å². The number of carbonyl (C=O) groups excluding carboxylic acids is 1. The molecule has 1 aromatic rings. The highest BCUT2D eigenvalue weighted by Crippen LogP contribution is 2.31. The van der Waals surface area contributed by atoms with Gasteiger partial charge in [0.1, 0.15) is 17.9 Å². The van der Waals surface area contributed by atoms with Crippen molar-refractivity contribution in [3.05, 3.63) is 28.8 Å². The molecule has 1 rings (SSSR count). The molecule has 0 aromatic heterocycles. The first-order chi connectivity index (χ1) is 11.4. The summed E-state index contributed by atoms with van der Waals surface area (Å²) < 4.78 is 19.0. The van der Waals surface area contributed by atoms with Crippen molar-refractivity contribution in [1.29, 1.82) is 0 Å². The van der Waals surface area contributed by atoms with Crippen LogP contribution in [0.3, 0.4) is 0 Å². The second-order valence-corrected chi connectivity index (χ2v) is 7.08. The number of carbonyl (C=O) groups is 1. The fourth-order valence-electron chi connectivity index (χ4n) is 3.25. The Balaban J connectivity index is 3.31. The SMILES string of the molecule is CCCCC(C)C(C(=O)OCC)N([SH]=O)c1c(C)cc(C)cc1C. The van der Waals surface area contributed by atoms with Crippen molar-refractivity contribution in [3.8, 4) is 0 Å². The van der Waals surface area contributed by atoms with E-state index in [4.69, 9.17) is 4.74 Å². The molecule has 24 heavy (non-hydrogen) atoms. The third-order valence-electron chi connectivity index (χ3n) is 4.30. The first-order valence-electron chi connectivity index (χ1n) is 8.74. The Morgan fingerprint density at radius 2 is 1.79 bits per heavy atom. The van der Waals surface area contributed by atoms with E-state index < -0.39 is 6.04 Å². The van der Waals surface area contributed by atoms with E-state index in [0.717, 1.165) is 41.6 Å². The van der Waals surface area contributed by atoms with Crippen molar-refractivity contribution in [1.82, 2.24) is 0 Å². The number of nitrogens with zero attached hydrogens (tertiary/aromatic N) is 1. The summed E-state index contributed by atoms with van der Waals surface area (Å²) in [4.78, 5) is 12.6. The van der Waals surface area contributed by atoms with E-state index in [-0.39, 0.29) is 23.7 Å². The zero-order chi connectivity index (χ0) is 18.3. The van der Waals surface area contributed by atoms with E-state index in [9.17, 15) is 9.00 Å². The van der Waals surface area contributed by atoms with Crippen LogP contribution in [0.5, 0.6) is 0 Å². The van der Waals surface area contributed by atoms with E-state index in [0.29, 0.717) is 6.61 Å². The fourth-order valence-corrected chi connectivity index (χ4v) is 4.07. The molecule has 2 unspecified atom stereocenters. The highest BCUT2D eigenvalue weighted by Gasteiger charge is 2.34. The lowest BCUT2D eigenvalue weighted by Gasteiger charge is -2.33. The van der Waals surface area contributed by atoms with E-state index in [1.54, 1.807) is 11.2 Å². The third kappa shape index (κ3) is 5.07. The molecule has 0 amide bonds. The van der Waals surface area contributed by atoms with Crippen molar-refractivity contribution < 1.29 is 13.7 Å². The molecule has 0 bridgehead atoms. The van der Waals surface area contributed by atoms with E-state index in [1.165, 1.54) is 0 Å². The van der Waals surface area contributed by atoms with Crippen LogP contribution in [-0.4, -0.2) is 22.8 Å². The predicted octanol–water partition coefficient (Wildman–Crippen LogP) is 4.04. The van der Waals surface area contributed by atoms with E-state index in [1.807, 2.05) is 27.7 Å². The monoisotopic (exact) mass is 353 g/mol. The van der Waals surface area contributed by atoms with Gasteiger partial charge in [-0.3, -0.25) is 4.31 Å². The molecule has 4 nitrogen and oxygen atoms in total. The molecule has 0 aliphatic rings. The van der Waals surface area contributed by atoms with Crippen LogP contribution in [0, 0.1) is 26.7 Å². The summed E-state index contributed by atoms with van der Waals surface area (Å²) in [5.74, 6) is -0.241. The zero-order valence-electron chi connectivity index (χ0n) is 15.8. The molecule has 136 valence electrons. The molecule has 0 saturated carbocycles. The van der Waals surface area contributed by atoms with E-state index in [2.05, 4.69) is 19.1 Å². The van der Waals surface area contributed by atoms with Crippen molar-refractivity contribution in [2.24, 2.45) is 5.92 Å². The summed E-state index contributed by atoms with van der Waals surface area (Å²) in [5.41, 5.74) is 4.06. The summed E-state index contributed by atoms with van der Waals surface area (Å²) in [6, 6.07) is 3.56. The van der Waals surface area contributed by atoms with Crippen molar-refractivity contribution in [3.63, 3.8) is 0 Å².